The average Bonchev–Trinajstić information content (AvgIpc) is 2.91. The fourth-order valence-corrected chi connectivity index (χ4v) is 4.22. The molecule has 2 rings (SSSR count). The summed E-state index contributed by atoms with van der Waals surface area (Å²) in [6.45, 7) is 5.54. The third kappa shape index (κ3) is 6.40. The fraction of sp³-hybridized carbons (Fsp3) is 0.526. The molecule has 2 amide bonds. The van der Waals surface area contributed by atoms with Crippen molar-refractivity contribution in [2.45, 2.75) is 51.2 Å². The fourth-order valence-electron chi connectivity index (χ4n) is 2.58. The number of halogens is 2. The second-order valence-electron chi connectivity index (χ2n) is 6.34. The minimum absolute atomic E-state index is 0.0407. The predicted octanol–water partition coefficient (Wildman–Crippen LogP) is 5.22. The molecular weight excluding hydrogens is 405 g/mol. The van der Waals surface area contributed by atoms with E-state index in [-0.39, 0.29) is 18.2 Å². The van der Waals surface area contributed by atoms with Crippen molar-refractivity contribution in [3.63, 3.8) is 0 Å². The van der Waals surface area contributed by atoms with E-state index >= 15 is 0 Å². The summed E-state index contributed by atoms with van der Waals surface area (Å²) in [5.41, 5.74) is 0.487. The SMILES string of the molecule is CCCCN=C1SC(CC(=O)Nc2ccc(Cl)cc2Cl)C(=O)N1CCCC. The summed E-state index contributed by atoms with van der Waals surface area (Å²) in [4.78, 5) is 31.5. The van der Waals surface area contributed by atoms with E-state index in [2.05, 4.69) is 24.2 Å². The summed E-state index contributed by atoms with van der Waals surface area (Å²) in [5.74, 6) is -0.295. The van der Waals surface area contributed by atoms with Gasteiger partial charge in [0, 0.05) is 24.5 Å². The molecule has 0 saturated carbocycles. The van der Waals surface area contributed by atoms with Crippen molar-refractivity contribution in [3.8, 4) is 0 Å². The molecule has 1 aromatic carbocycles. The number of hydrogen-bond donors (Lipinski definition) is 1. The van der Waals surface area contributed by atoms with Gasteiger partial charge in [-0.25, -0.2) is 0 Å². The summed E-state index contributed by atoms with van der Waals surface area (Å²) in [5, 5.41) is 3.91. The van der Waals surface area contributed by atoms with Crippen LogP contribution in [-0.4, -0.2) is 40.2 Å². The molecule has 27 heavy (non-hydrogen) atoms. The van der Waals surface area contributed by atoms with Gasteiger partial charge in [-0.2, -0.15) is 0 Å². The van der Waals surface area contributed by atoms with Crippen molar-refractivity contribution in [1.82, 2.24) is 4.90 Å². The number of benzene rings is 1. The quantitative estimate of drug-likeness (QED) is 0.547. The van der Waals surface area contributed by atoms with Crippen LogP contribution >= 0.6 is 35.0 Å². The highest BCUT2D eigenvalue weighted by molar-refractivity contribution is 8.15. The highest BCUT2D eigenvalue weighted by atomic mass is 35.5. The first-order valence-electron chi connectivity index (χ1n) is 9.23. The van der Waals surface area contributed by atoms with Crippen LogP contribution in [0.25, 0.3) is 0 Å². The van der Waals surface area contributed by atoms with Crippen molar-refractivity contribution in [1.29, 1.82) is 0 Å². The summed E-state index contributed by atoms with van der Waals surface area (Å²) in [7, 11) is 0. The Labute approximate surface area is 174 Å². The topological polar surface area (TPSA) is 61.8 Å². The number of amidine groups is 1. The Hall–Kier alpha value is -1.24. The second-order valence-corrected chi connectivity index (χ2v) is 8.36. The lowest BCUT2D eigenvalue weighted by atomic mass is 10.2. The summed E-state index contributed by atoms with van der Waals surface area (Å²) < 4.78 is 0. The molecule has 1 saturated heterocycles. The maximum absolute atomic E-state index is 12.8. The van der Waals surface area contributed by atoms with E-state index in [9.17, 15) is 9.59 Å². The summed E-state index contributed by atoms with van der Waals surface area (Å²) in [6.07, 6.45) is 4.03. The number of thioether (sulfide) groups is 1. The molecule has 0 aromatic heterocycles. The summed E-state index contributed by atoms with van der Waals surface area (Å²) in [6, 6.07) is 4.88. The van der Waals surface area contributed by atoms with Crippen molar-refractivity contribution in [2.75, 3.05) is 18.4 Å². The van der Waals surface area contributed by atoms with E-state index in [0.29, 0.717) is 28.8 Å². The Morgan fingerprint density at radius 2 is 2.00 bits per heavy atom. The minimum Gasteiger partial charge on any atom is -0.325 e. The first-order chi connectivity index (χ1) is 13.0. The standard InChI is InChI=1S/C19H25Cl2N3O2S/c1-3-5-9-22-19-24(10-6-4-2)18(26)16(27-19)12-17(25)23-15-8-7-13(20)11-14(15)21/h7-8,11,16H,3-6,9-10,12H2,1-2H3,(H,23,25). The minimum atomic E-state index is -0.451. The van der Waals surface area contributed by atoms with E-state index < -0.39 is 5.25 Å². The van der Waals surface area contributed by atoms with Crippen LogP contribution < -0.4 is 5.32 Å². The number of nitrogens with zero attached hydrogens (tertiary/aromatic N) is 2. The number of hydrogen-bond acceptors (Lipinski definition) is 4. The molecule has 148 valence electrons. The molecule has 1 unspecified atom stereocenters. The highest BCUT2D eigenvalue weighted by Gasteiger charge is 2.38. The van der Waals surface area contributed by atoms with E-state index in [1.165, 1.54) is 11.8 Å². The van der Waals surface area contributed by atoms with E-state index in [4.69, 9.17) is 23.2 Å². The molecule has 1 aromatic rings. The van der Waals surface area contributed by atoms with Gasteiger partial charge < -0.3 is 5.32 Å². The zero-order valence-corrected chi connectivity index (χ0v) is 18.0. The number of carbonyl (C=O) groups is 2. The molecule has 1 heterocycles. The largest absolute Gasteiger partial charge is 0.325 e. The van der Waals surface area contributed by atoms with Crippen LogP contribution in [0.15, 0.2) is 23.2 Å². The van der Waals surface area contributed by atoms with Gasteiger partial charge >= 0.3 is 0 Å². The smallest absolute Gasteiger partial charge is 0.242 e. The van der Waals surface area contributed by atoms with Gasteiger partial charge in [-0.05, 0) is 31.0 Å². The molecule has 1 N–H and O–H groups in total. The third-order valence-corrected chi connectivity index (χ3v) is 5.85. The van der Waals surface area contributed by atoms with Crippen molar-refractivity contribution in [2.24, 2.45) is 4.99 Å². The first kappa shape index (κ1) is 22.1. The number of aliphatic imine (C=N–C) groups is 1. The lowest BCUT2D eigenvalue weighted by molar-refractivity contribution is -0.128. The van der Waals surface area contributed by atoms with Crippen LogP contribution in [-0.2, 0) is 9.59 Å². The maximum Gasteiger partial charge on any atom is 0.242 e. The predicted molar refractivity (Wildman–Crippen MR) is 115 cm³/mol. The molecule has 1 fully saturated rings. The molecule has 0 radical (unpaired) electrons. The van der Waals surface area contributed by atoms with Crippen LogP contribution in [0.5, 0.6) is 0 Å². The van der Waals surface area contributed by atoms with Gasteiger partial charge in [0.1, 0.15) is 5.25 Å². The highest BCUT2D eigenvalue weighted by Crippen LogP contribution is 2.31. The third-order valence-electron chi connectivity index (χ3n) is 4.09. The van der Waals surface area contributed by atoms with E-state index in [0.717, 1.165) is 30.9 Å². The Balaban J connectivity index is 2.02. The van der Waals surface area contributed by atoms with Gasteiger partial charge in [-0.1, -0.05) is 61.7 Å². The zero-order chi connectivity index (χ0) is 19.8. The first-order valence-corrected chi connectivity index (χ1v) is 10.9. The Morgan fingerprint density at radius 1 is 1.26 bits per heavy atom. The monoisotopic (exact) mass is 429 g/mol. The number of nitrogens with one attached hydrogen (secondary N) is 1. The van der Waals surface area contributed by atoms with Gasteiger partial charge in [-0.3, -0.25) is 19.5 Å². The van der Waals surface area contributed by atoms with Gasteiger partial charge in [0.25, 0.3) is 0 Å². The number of anilines is 1. The summed E-state index contributed by atoms with van der Waals surface area (Å²) >= 11 is 13.4. The van der Waals surface area contributed by atoms with Gasteiger partial charge in [-0.15, -0.1) is 0 Å². The lowest BCUT2D eigenvalue weighted by Gasteiger charge is -2.16. The molecule has 0 spiro atoms. The van der Waals surface area contributed by atoms with Crippen LogP contribution in [0, 0.1) is 0 Å². The van der Waals surface area contributed by atoms with Gasteiger partial charge in [0.05, 0.1) is 10.7 Å². The number of rotatable bonds is 9. The van der Waals surface area contributed by atoms with Crippen LogP contribution in [0.4, 0.5) is 5.69 Å². The molecule has 1 aliphatic heterocycles. The van der Waals surface area contributed by atoms with Crippen LogP contribution in [0.1, 0.15) is 46.0 Å². The van der Waals surface area contributed by atoms with Crippen LogP contribution in [0.2, 0.25) is 10.0 Å². The molecule has 1 atom stereocenters. The van der Waals surface area contributed by atoms with E-state index in [1.807, 2.05) is 0 Å². The number of amides is 2. The van der Waals surface area contributed by atoms with Crippen molar-refractivity contribution >= 4 is 57.6 Å². The second kappa shape index (κ2) is 10.9. The van der Waals surface area contributed by atoms with Gasteiger partial charge in [0.15, 0.2) is 5.17 Å². The Bertz CT molecular complexity index is 712. The Morgan fingerprint density at radius 3 is 2.67 bits per heavy atom. The molecule has 8 heteroatoms. The molecule has 0 bridgehead atoms. The average molecular weight is 430 g/mol. The van der Waals surface area contributed by atoms with Gasteiger partial charge in [0.2, 0.25) is 11.8 Å². The van der Waals surface area contributed by atoms with Crippen LogP contribution in [0.3, 0.4) is 0 Å². The van der Waals surface area contributed by atoms with Crippen molar-refractivity contribution in [3.05, 3.63) is 28.2 Å². The normalized spacial score (nSPS) is 18.4. The Kier molecular flexibility index (Phi) is 8.93. The number of carbonyl (C=O) groups excluding carboxylic acids is 2. The maximum atomic E-state index is 12.8. The van der Waals surface area contributed by atoms with E-state index in [1.54, 1.807) is 23.1 Å². The number of unbranched alkanes of at least 4 members (excludes halogenated alkanes) is 2. The molecule has 1 aliphatic rings. The molecule has 5 nitrogen and oxygen atoms in total. The lowest BCUT2D eigenvalue weighted by Crippen LogP contribution is -2.34. The zero-order valence-electron chi connectivity index (χ0n) is 15.6. The molecular formula is C19H25Cl2N3O2S. The van der Waals surface area contributed by atoms with Crippen molar-refractivity contribution < 1.29 is 9.59 Å². The molecule has 0 aliphatic carbocycles.